The molecule has 1 N–H and O–H groups in total. The van der Waals surface area contributed by atoms with Crippen LogP contribution in [-0.4, -0.2) is 62.7 Å². The molecule has 0 unspecified atom stereocenters. The Labute approximate surface area is 275 Å². The van der Waals surface area contributed by atoms with Crippen LogP contribution in [0.4, 0.5) is 10.2 Å². The van der Waals surface area contributed by atoms with Crippen LogP contribution in [0.3, 0.4) is 0 Å². The molecule has 5 heterocycles. The molecule has 7 rings (SSSR count). The fourth-order valence-electron chi connectivity index (χ4n) is 6.60. The number of anilines is 1. The van der Waals surface area contributed by atoms with Crippen LogP contribution in [0, 0.1) is 12.7 Å². The van der Waals surface area contributed by atoms with E-state index in [2.05, 4.69) is 11.8 Å². The Balaban J connectivity index is 1.53. The second kappa shape index (κ2) is 12.9. The summed E-state index contributed by atoms with van der Waals surface area (Å²) in [7, 11) is 0. The van der Waals surface area contributed by atoms with E-state index in [9.17, 15) is 14.3 Å². The highest BCUT2D eigenvalue weighted by molar-refractivity contribution is 5.80. The average Bonchev–Trinajstić information content (AvgIpc) is 3.43. The SMILES string of the molecule is Cc1nc2cc3nn2c(c1[C@H](OC(C)(C)C)C(=O)O)N1CCC(C)(CC1)OCCCC[C@H](C)Oc1cc(F)ccc1-c1cccc-3c1. The number of hydrogen-bond donors (Lipinski definition) is 1. The number of carboxylic acid groups (broad SMARTS) is 1. The highest BCUT2D eigenvalue weighted by Crippen LogP contribution is 2.39. The predicted molar refractivity (Wildman–Crippen MR) is 180 cm³/mol. The molecular weight excluding hydrogens is 599 g/mol. The molecule has 1 saturated heterocycles. The van der Waals surface area contributed by atoms with E-state index in [1.165, 1.54) is 12.1 Å². The number of rotatable bonds is 3. The van der Waals surface area contributed by atoms with Crippen LogP contribution in [0.25, 0.3) is 28.0 Å². The van der Waals surface area contributed by atoms with Crippen molar-refractivity contribution in [2.75, 3.05) is 24.6 Å². The fourth-order valence-corrected chi connectivity index (χ4v) is 6.60. The van der Waals surface area contributed by atoms with Gasteiger partial charge in [-0.1, -0.05) is 18.2 Å². The summed E-state index contributed by atoms with van der Waals surface area (Å²) < 4.78 is 35.2. The molecule has 4 aromatic rings. The summed E-state index contributed by atoms with van der Waals surface area (Å²) in [4.78, 5) is 19.9. The summed E-state index contributed by atoms with van der Waals surface area (Å²) in [5.74, 6) is -0.265. The van der Waals surface area contributed by atoms with Crippen molar-refractivity contribution < 1.29 is 28.5 Å². The lowest BCUT2D eigenvalue weighted by atomic mass is 9.92. The number of hydrogen-bond acceptors (Lipinski definition) is 7. The highest BCUT2D eigenvalue weighted by Gasteiger charge is 2.38. The second-order valence-corrected chi connectivity index (χ2v) is 14.1. The minimum absolute atomic E-state index is 0.0968. The first-order valence-electron chi connectivity index (χ1n) is 16.6. The van der Waals surface area contributed by atoms with Crippen molar-refractivity contribution in [3.63, 3.8) is 0 Å². The van der Waals surface area contributed by atoms with Crippen LogP contribution in [-0.2, 0) is 14.3 Å². The average molecular weight is 645 g/mol. The Hall–Kier alpha value is -4.02. The van der Waals surface area contributed by atoms with E-state index in [-0.39, 0.29) is 17.5 Å². The van der Waals surface area contributed by atoms with Crippen LogP contribution in [0.5, 0.6) is 5.75 Å². The molecule has 9 nitrogen and oxygen atoms in total. The number of aliphatic carboxylic acids is 1. The summed E-state index contributed by atoms with van der Waals surface area (Å²) in [5, 5.41) is 15.5. The van der Waals surface area contributed by atoms with Crippen molar-refractivity contribution >= 4 is 17.4 Å². The molecule has 250 valence electrons. The molecular formula is C37H45FN4O5. The number of nitrogens with zero attached hydrogens (tertiary/aromatic N) is 4. The molecule has 6 bridgehead atoms. The van der Waals surface area contributed by atoms with Gasteiger partial charge in [0, 0.05) is 48.6 Å². The van der Waals surface area contributed by atoms with E-state index in [1.807, 2.05) is 65.0 Å². The Morgan fingerprint density at radius 2 is 1.85 bits per heavy atom. The largest absolute Gasteiger partial charge is 0.490 e. The van der Waals surface area contributed by atoms with Crippen LogP contribution in [0.2, 0.25) is 0 Å². The number of benzene rings is 2. The molecule has 3 aliphatic heterocycles. The quantitative estimate of drug-likeness (QED) is 0.242. The smallest absolute Gasteiger partial charge is 0.337 e. The van der Waals surface area contributed by atoms with Crippen molar-refractivity contribution in [1.82, 2.24) is 14.6 Å². The van der Waals surface area contributed by atoms with Gasteiger partial charge >= 0.3 is 5.97 Å². The monoisotopic (exact) mass is 644 g/mol. The first kappa shape index (κ1) is 32.9. The van der Waals surface area contributed by atoms with Crippen molar-refractivity contribution in [3.05, 3.63) is 65.6 Å². The molecule has 47 heavy (non-hydrogen) atoms. The summed E-state index contributed by atoms with van der Waals surface area (Å²) in [6, 6.07) is 14.5. The molecule has 2 aromatic heterocycles. The molecule has 0 aliphatic carbocycles. The van der Waals surface area contributed by atoms with Gasteiger partial charge in [0.15, 0.2) is 11.8 Å². The van der Waals surface area contributed by atoms with Gasteiger partial charge in [-0.15, -0.1) is 0 Å². The first-order chi connectivity index (χ1) is 22.3. The van der Waals surface area contributed by atoms with Gasteiger partial charge in [0.2, 0.25) is 0 Å². The van der Waals surface area contributed by atoms with Crippen molar-refractivity contribution in [1.29, 1.82) is 0 Å². The van der Waals surface area contributed by atoms with Crippen LogP contribution in [0.15, 0.2) is 48.5 Å². The number of aryl methyl sites for hydroxylation is 1. The van der Waals surface area contributed by atoms with Crippen molar-refractivity contribution in [2.45, 2.75) is 97.1 Å². The van der Waals surface area contributed by atoms with Gasteiger partial charge in [-0.25, -0.2) is 14.2 Å². The molecule has 0 saturated carbocycles. The molecule has 1 fully saturated rings. The van der Waals surface area contributed by atoms with Gasteiger partial charge in [0.05, 0.1) is 28.6 Å². The van der Waals surface area contributed by atoms with E-state index < -0.39 is 17.7 Å². The zero-order valence-electron chi connectivity index (χ0n) is 28.2. The van der Waals surface area contributed by atoms with Gasteiger partial charge in [-0.3, -0.25) is 0 Å². The van der Waals surface area contributed by atoms with Crippen molar-refractivity contribution in [2.24, 2.45) is 0 Å². The maximum absolute atomic E-state index is 14.5. The number of aromatic nitrogens is 3. The first-order valence-corrected chi connectivity index (χ1v) is 16.6. The summed E-state index contributed by atoms with van der Waals surface area (Å²) in [6.45, 7) is 13.5. The summed E-state index contributed by atoms with van der Waals surface area (Å²) in [5.41, 5.74) is 3.85. The van der Waals surface area contributed by atoms with Gasteiger partial charge < -0.3 is 24.2 Å². The molecule has 3 aliphatic rings. The Bertz CT molecular complexity index is 1770. The van der Waals surface area contributed by atoms with Crippen LogP contribution in [0.1, 0.15) is 84.1 Å². The lowest BCUT2D eigenvalue weighted by molar-refractivity contribution is -0.160. The van der Waals surface area contributed by atoms with Gasteiger partial charge in [-0.2, -0.15) is 9.61 Å². The Morgan fingerprint density at radius 1 is 1.11 bits per heavy atom. The van der Waals surface area contributed by atoms with E-state index >= 15 is 0 Å². The minimum atomic E-state index is -1.24. The normalized spacial score (nSPS) is 21.3. The van der Waals surface area contributed by atoms with Gasteiger partial charge in [-0.05, 0) is 97.4 Å². The third kappa shape index (κ3) is 7.13. The number of halogens is 1. The van der Waals surface area contributed by atoms with E-state index in [4.69, 9.17) is 24.3 Å². The number of carbonyl (C=O) groups is 1. The summed E-state index contributed by atoms with van der Waals surface area (Å²) >= 11 is 0. The number of ether oxygens (including phenoxy) is 3. The lowest BCUT2D eigenvalue weighted by Gasteiger charge is -2.41. The Morgan fingerprint density at radius 3 is 2.57 bits per heavy atom. The van der Waals surface area contributed by atoms with E-state index in [0.29, 0.717) is 53.9 Å². The van der Waals surface area contributed by atoms with E-state index in [1.54, 1.807) is 10.6 Å². The molecule has 0 amide bonds. The summed E-state index contributed by atoms with van der Waals surface area (Å²) in [6.07, 6.45) is 2.83. The molecule has 2 aromatic carbocycles. The number of piperidine rings is 1. The topological polar surface area (TPSA) is 98.4 Å². The zero-order valence-corrected chi connectivity index (χ0v) is 28.2. The number of fused-ring (bicyclic) bond motifs is 8. The van der Waals surface area contributed by atoms with Crippen molar-refractivity contribution in [3.8, 4) is 28.1 Å². The molecule has 0 spiro atoms. The maximum atomic E-state index is 14.5. The zero-order chi connectivity index (χ0) is 33.5. The van der Waals surface area contributed by atoms with Gasteiger partial charge in [0.25, 0.3) is 0 Å². The molecule has 2 atom stereocenters. The number of carboxylic acids is 1. The lowest BCUT2D eigenvalue weighted by Crippen LogP contribution is -2.46. The molecule has 10 heteroatoms. The maximum Gasteiger partial charge on any atom is 0.337 e. The van der Waals surface area contributed by atoms with E-state index in [0.717, 1.165) is 48.8 Å². The predicted octanol–water partition coefficient (Wildman–Crippen LogP) is 7.78. The van der Waals surface area contributed by atoms with Gasteiger partial charge in [0.1, 0.15) is 17.4 Å². The minimum Gasteiger partial charge on any atom is -0.490 e. The van der Waals surface area contributed by atoms with Crippen LogP contribution < -0.4 is 9.64 Å². The Kier molecular flexibility index (Phi) is 9.02. The highest BCUT2D eigenvalue weighted by atomic mass is 19.1. The second-order valence-electron chi connectivity index (χ2n) is 14.1. The van der Waals surface area contributed by atoms with Crippen LogP contribution >= 0.6 is 0 Å². The third-order valence-corrected chi connectivity index (χ3v) is 9.08. The third-order valence-electron chi connectivity index (χ3n) is 9.08. The standard InChI is InChI=1S/C37H45FN4O5/c1-23-10-7-8-19-45-37(6)15-17-41(18-16-37)34-32(33(35(43)44)47-36(3,4)5)24(2)39-31-22-29(40-42(31)34)26-12-9-11-25(20-26)28-14-13-27(38)21-30(28)46-23/h9,11-14,20-23,33H,7-8,10,15-19H2,1-6H3,(H,43,44)/t23-,33-/m0/s1. The fraction of sp³-hybridized carbons (Fsp3) is 0.486. The molecule has 0 radical (unpaired) electrons.